The first kappa shape index (κ1) is 15.2. The van der Waals surface area contributed by atoms with Crippen molar-refractivity contribution < 1.29 is 9.84 Å². The zero-order valence-electron chi connectivity index (χ0n) is 14.0. The van der Waals surface area contributed by atoms with E-state index in [1.54, 1.807) is 18.2 Å². The maximum atomic E-state index is 9.96. The molecule has 5 heteroatoms. The van der Waals surface area contributed by atoms with Gasteiger partial charge >= 0.3 is 0 Å². The Balaban J connectivity index is 1.68. The first-order valence-electron chi connectivity index (χ1n) is 8.00. The lowest BCUT2D eigenvalue weighted by atomic mass is 10.2. The highest BCUT2D eigenvalue weighted by Crippen LogP contribution is 2.28. The van der Waals surface area contributed by atoms with E-state index in [-0.39, 0.29) is 5.75 Å². The van der Waals surface area contributed by atoms with E-state index in [9.17, 15) is 5.11 Å². The van der Waals surface area contributed by atoms with Crippen molar-refractivity contribution in [2.75, 3.05) is 0 Å². The van der Waals surface area contributed by atoms with Crippen molar-refractivity contribution in [2.24, 2.45) is 0 Å². The highest BCUT2D eigenvalue weighted by atomic mass is 16.5. The first-order chi connectivity index (χ1) is 12.1. The van der Waals surface area contributed by atoms with Gasteiger partial charge in [0.2, 0.25) is 5.88 Å². The van der Waals surface area contributed by atoms with Crippen LogP contribution < -0.4 is 4.74 Å². The molecule has 0 amide bonds. The number of hydrogen-bond acceptors (Lipinski definition) is 4. The van der Waals surface area contributed by atoms with Crippen LogP contribution in [0, 0.1) is 13.8 Å². The summed E-state index contributed by atoms with van der Waals surface area (Å²) in [5.74, 6) is 1.23. The molecular formula is C20H17N3O2. The van der Waals surface area contributed by atoms with E-state index in [4.69, 9.17) is 4.74 Å². The number of aromatic nitrogens is 3. The number of para-hydroxylation sites is 1. The molecule has 0 aliphatic carbocycles. The van der Waals surface area contributed by atoms with Crippen molar-refractivity contribution in [1.29, 1.82) is 0 Å². The van der Waals surface area contributed by atoms with Gasteiger partial charge in [0.25, 0.3) is 0 Å². The Kier molecular flexibility index (Phi) is 3.61. The lowest BCUT2D eigenvalue weighted by Gasteiger charge is -2.09. The van der Waals surface area contributed by atoms with Crippen molar-refractivity contribution in [3.8, 4) is 23.1 Å². The molecule has 4 aromatic rings. The van der Waals surface area contributed by atoms with Crippen LogP contribution in [0.25, 0.3) is 16.6 Å². The molecule has 2 aromatic carbocycles. The zero-order valence-corrected chi connectivity index (χ0v) is 14.0. The number of pyridine rings is 1. The molecule has 0 saturated heterocycles. The van der Waals surface area contributed by atoms with Crippen molar-refractivity contribution >= 4 is 10.9 Å². The fourth-order valence-electron chi connectivity index (χ4n) is 2.86. The largest absolute Gasteiger partial charge is 0.506 e. The monoisotopic (exact) mass is 331 g/mol. The van der Waals surface area contributed by atoms with E-state index in [0.717, 1.165) is 22.5 Å². The number of aryl methyl sites for hydroxylation is 2. The van der Waals surface area contributed by atoms with Gasteiger partial charge in [0, 0.05) is 23.2 Å². The maximum Gasteiger partial charge on any atom is 0.219 e. The fourth-order valence-corrected chi connectivity index (χ4v) is 2.86. The molecule has 2 aromatic heterocycles. The molecule has 0 fully saturated rings. The summed E-state index contributed by atoms with van der Waals surface area (Å²) in [6, 6.07) is 18.7. The number of aromatic hydroxyl groups is 1. The summed E-state index contributed by atoms with van der Waals surface area (Å²) >= 11 is 0. The number of hydrogen-bond donors (Lipinski definition) is 1. The summed E-state index contributed by atoms with van der Waals surface area (Å²) < 4.78 is 7.76. The zero-order chi connectivity index (χ0) is 17.4. The van der Waals surface area contributed by atoms with E-state index in [1.807, 2.05) is 61.0 Å². The van der Waals surface area contributed by atoms with E-state index in [1.165, 1.54) is 0 Å². The lowest BCUT2D eigenvalue weighted by Crippen LogP contribution is -1.99. The standard InChI is InChI=1S/C20H17N3O2/c1-13-11-14(2)23(22-13)16-6-4-7-17(12-16)25-19-10-9-15-5-3-8-18(24)20(15)21-19/h3-12,24H,1-2H3. The molecule has 5 nitrogen and oxygen atoms in total. The van der Waals surface area contributed by atoms with Gasteiger partial charge in [-0.25, -0.2) is 9.67 Å². The van der Waals surface area contributed by atoms with E-state index < -0.39 is 0 Å². The van der Waals surface area contributed by atoms with Crippen LogP contribution in [0.15, 0.2) is 60.7 Å². The Morgan fingerprint density at radius 2 is 1.80 bits per heavy atom. The third kappa shape index (κ3) is 2.92. The summed E-state index contributed by atoms with van der Waals surface area (Å²) in [5.41, 5.74) is 3.47. The summed E-state index contributed by atoms with van der Waals surface area (Å²) in [7, 11) is 0. The van der Waals surface area contributed by atoms with Crippen LogP contribution in [0.5, 0.6) is 17.4 Å². The summed E-state index contributed by atoms with van der Waals surface area (Å²) in [6.07, 6.45) is 0. The number of nitrogens with zero attached hydrogens (tertiary/aromatic N) is 3. The fraction of sp³-hybridized carbons (Fsp3) is 0.100. The molecule has 1 N–H and O–H groups in total. The highest BCUT2D eigenvalue weighted by Gasteiger charge is 2.07. The average Bonchev–Trinajstić information content (AvgIpc) is 2.94. The molecule has 4 rings (SSSR count). The molecule has 0 radical (unpaired) electrons. The van der Waals surface area contributed by atoms with Crippen molar-refractivity contribution in [3.63, 3.8) is 0 Å². The van der Waals surface area contributed by atoms with Crippen molar-refractivity contribution in [3.05, 3.63) is 72.1 Å². The van der Waals surface area contributed by atoms with Gasteiger partial charge in [-0.05, 0) is 44.2 Å². The molecular weight excluding hydrogens is 314 g/mol. The van der Waals surface area contributed by atoms with Crippen LogP contribution in [-0.2, 0) is 0 Å². The van der Waals surface area contributed by atoms with Gasteiger partial charge in [-0.3, -0.25) is 0 Å². The highest BCUT2D eigenvalue weighted by molar-refractivity contribution is 5.84. The minimum Gasteiger partial charge on any atom is -0.506 e. The van der Waals surface area contributed by atoms with Gasteiger partial charge in [-0.1, -0.05) is 18.2 Å². The molecule has 2 heterocycles. The number of rotatable bonds is 3. The second-order valence-corrected chi connectivity index (χ2v) is 5.94. The molecule has 124 valence electrons. The van der Waals surface area contributed by atoms with Gasteiger partial charge in [-0.15, -0.1) is 0 Å². The molecule has 0 atom stereocenters. The quantitative estimate of drug-likeness (QED) is 0.599. The third-order valence-electron chi connectivity index (χ3n) is 3.97. The van der Waals surface area contributed by atoms with E-state index in [2.05, 4.69) is 10.1 Å². The predicted molar refractivity (Wildman–Crippen MR) is 96.5 cm³/mol. The maximum absolute atomic E-state index is 9.96. The van der Waals surface area contributed by atoms with Gasteiger partial charge in [0.1, 0.15) is 17.0 Å². The van der Waals surface area contributed by atoms with Gasteiger partial charge in [0.05, 0.1) is 11.4 Å². The Labute approximate surface area is 145 Å². The van der Waals surface area contributed by atoms with Crippen molar-refractivity contribution in [1.82, 2.24) is 14.8 Å². The number of benzene rings is 2. The number of phenolic OH excluding ortho intramolecular Hbond substituents is 1. The van der Waals surface area contributed by atoms with Crippen LogP contribution in [0.3, 0.4) is 0 Å². The molecule has 0 saturated carbocycles. The van der Waals surface area contributed by atoms with Crippen LogP contribution in [0.2, 0.25) is 0 Å². The minimum absolute atomic E-state index is 0.138. The van der Waals surface area contributed by atoms with Crippen molar-refractivity contribution in [2.45, 2.75) is 13.8 Å². The van der Waals surface area contributed by atoms with Crippen LogP contribution in [0.4, 0.5) is 0 Å². The van der Waals surface area contributed by atoms with E-state index >= 15 is 0 Å². The summed E-state index contributed by atoms with van der Waals surface area (Å²) in [6.45, 7) is 3.98. The molecule has 0 aliphatic rings. The second kappa shape index (κ2) is 5.94. The van der Waals surface area contributed by atoms with Gasteiger partial charge in [0.15, 0.2) is 0 Å². The summed E-state index contributed by atoms with van der Waals surface area (Å²) in [4.78, 5) is 4.40. The van der Waals surface area contributed by atoms with Gasteiger partial charge < -0.3 is 9.84 Å². The third-order valence-corrected chi connectivity index (χ3v) is 3.97. The number of fused-ring (bicyclic) bond motifs is 1. The molecule has 0 spiro atoms. The summed E-state index contributed by atoms with van der Waals surface area (Å²) in [5, 5.41) is 15.3. The normalized spacial score (nSPS) is 11.0. The SMILES string of the molecule is Cc1cc(C)n(-c2cccc(Oc3ccc4cccc(O)c4n3)c2)n1. The number of phenols is 1. The van der Waals surface area contributed by atoms with Crippen LogP contribution in [0.1, 0.15) is 11.4 Å². The Hall–Kier alpha value is -3.34. The Morgan fingerprint density at radius 1 is 0.960 bits per heavy atom. The van der Waals surface area contributed by atoms with Crippen LogP contribution in [-0.4, -0.2) is 19.9 Å². The number of ether oxygens (including phenoxy) is 1. The second-order valence-electron chi connectivity index (χ2n) is 5.94. The molecule has 0 aliphatic heterocycles. The Bertz CT molecular complexity index is 1070. The molecule has 0 unspecified atom stereocenters. The van der Waals surface area contributed by atoms with Crippen LogP contribution >= 0.6 is 0 Å². The Morgan fingerprint density at radius 3 is 2.60 bits per heavy atom. The first-order valence-corrected chi connectivity index (χ1v) is 8.00. The smallest absolute Gasteiger partial charge is 0.219 e. The van der Waals surface area contributed by atoms with Gasteiger partial charge in [-0.2, -0.15) is 5.10 Å². The average molecular weight is 331 g/mol. The van der Waals surface area contributed by atoms with E-state index in [0.29, 0.717) is 17.1 Å². The minimum atomic E-state index is 0.138. The molecule has 25 heavy (non-hydrogen) atoms. The predicted octanol–water partition coefficient (Wildman–Crippen LogP) is 4.54. The topological polar surface area (TPSA) is 60.2 Å². The lowest BCUT2D eigenvalue weighted by molar-refractivity contribution is 0.459. The molecule has 0 bridgehead atoms.